The summed E-state index contributed by atoms with van der Waals surface area (Å²) >= 11 is 4.33. The third-order valence-corrected chi connectivity index (χ3v) is 3.42. The van der Waals surface area contributed by atoms with Crippen molar-refractivity contribution in [3.8, 4) is 0 Å². The molecule has 19 heavy (non-hydrogen) atoms. The van der Waals surface area contributed by atoms with Crippen molar-refractivity contribution >= 4 is 49.9 Å². The van der Waals surface area contributed by atoms with Gasteiger partial charge in [-0.3, -0.25) is 9.17 Å². The first-order valence-electron chi connectivity index (χ1n) is 5.19. The van der Waals surface area contributed by atoms with Gasteiger partial charge in [-0.1, -0.05) is 0 Å². The normalized spacial score (nSPS) is 10.0. The minimum Gasteiger partial charge on any atom is -0.343 e. The number of halogens is 1. The molecule has 0 radical (unpaired) electrons. The van der Waals surface area contributed by atoms with E-state index in [9.17, 15) is 9.59 Å². The van der Waals surface area contributed by atoms with Gasteiger partial charge in [0.25, 0.3) is 5.56 Å². The van der Waals surface area contributed by atoms with Gasteiger partial charge in [0.15, 0.2) is 0 Å². The molecule has 2 aromatic heterocycles. The molecular weight excluding hydrogens is 334 g/mol. The highest BCUT2D eigenvalue weighted by atomic mass is 79.9. The van der Waals surface area contributed by atoms with Crippen molar-refractivity contribution < 1.29 is 4.79 Å². The van der Waals surface area contributed by atoms with Crippen LogP contribution < -0.4 is 21.5 Å². The molecule has 2 rings (SSSR count). The smallest absolute Gasteiger partial charge is 0.319 e. The zero-order chi connectivity index (χ0) is 13.8. The second kappa shape index (κ2) is 5.85. The van der Waals surface area contributed by atoms with E-state index in [1.165, 1.54) is 7.05 Å². The first kappa shape index (κ1) is 13.6. The molecule has 0 fully saturated rings. The first-order chi connectivity index (χ1) is 9.10. The molecule has 4 N–H and O–H groups in total. The molecule has 0 aromatic carbocycles. The Balaban J connectivity index is 2.23. The summed E-state index contributed by atoms with van der Waals surface area (Å²) in [7, 11) is 1.47. The van der Waals surface area contributed by atoms with Crippen molar-refractivity contribution in [2.45, 2.75) is 0 Å². The van der Waals surface area contributed by atoms with Crippen LogP contribution in [-0.4, -0.2) is 22.4 Å². The third-order valence-electron chi connectivity index (χ3n) is 2.15. The van der Waals surface area contributed by atoms with Gasteiger partial charge in [-0.05, 0) is 39.6 Å². The second-order valence-corrected chi connectivity index (χ2v) is 5.07. The van der Waals surface area contributed by atoms with Crippen molar-refractivity contribution in [2.24, 2.45) is 0 Å². The van der Waals surface area contributed by atoms with Crippen LogP contribution in [0.1, 0.15) is 0 Å². The number of aromatic amines is 1. The number of carbonyl (C=O) groups excluding carboxylic acids is 1. The van der Waals surface area contributed by atoms with Crippen LogP contribution in [-0.2, 0) is 0 Å². The summed E-state index contributed by atoms with van der Waals surface area (Å²) < 4.78 is 3.26. The Morgan fingerprint density at radius 3 is 2.89 bits per heavy atom. The molecule has 0 saturated heterocycles. The Labute approximate surface area is 120 Å². The van der Waals surface area contributed by atoms with E-state index in [2.05, 4.69) is 41.2 Å². The molecule has 0 atom stereocenters. The summed E-state index contributed by atoms with van der Waals surface area (Å²) in [6.45, 7) is 0. The number of rotatable bonds is 3. The zero-order valence-electron chi connectivity index (χ0n) is 9.78. The molecule has 0 aliphatic carbocycles. The molecule has 2 aromatic rings. The number of H-pyrrole nitrogens is 1. The number of nitrogens with one attached hydrogen (secondary N) is 4. The van der Waals surface area contributed by atoms with Crippen molar-refractivity contribution in [2.75, 3.05) is 17.7 Å². The second-order valence-electron chi connectivity index (χ2n) is 3.44. The molecule has 0 aliphatic heterocycles. The van der Waals surface area contributed by atoms with Crippen LogP contribution in [0.25, 0.3) is 0 Å². The number of amides is 2. The van der Waals surface area contributed by atoms with Gasteiger partial charge in [0, 0.05) is 7.05 Å². The van der Waals surface area contributed by atoms with E-state index in [1.54, 1.807) is 18.3 Å². The van der Waals surface area contributed by atoms with Crippen molar-refractivity contribution in [3.63, 3.8) is 0 Å². The van der Waals surface area contributed by atoms with E-state index in [1.807, 2.05) is 0 Å². The number of aromatic nitrogens is 2. The van der Waals surface area contributed by atoms with Crippen molar-refractivity contribution in [1.29, 1.82) is 0 Å². The van der Waals surface area contributed by atoms with Gasteiger partial charge in [-0.15, -0.1) is 0 Å². The molecule has 0 spiro atoms. The Bertz CT molecular complexity index is 636. The highest BCUT2D eigenvalue weighted by Crippen LogP contribution is 2.26. The highest BCUT2D eigenvalue weighted by Gasteiger charge is 2.13. The van der Waals surface area contributed by atoms with Crippen LogP contribution in [0.5, 0.6) is 0 Å². The van der Waals surface area contributed by atoms with Crippen LogP contribution in [0.2, 0.25) is 0 Å². The third kappa shape index (κ3) is 3.32. The maximum Gasteiger partial charge on any atom is 0.319 e. The molecule has 0 saturated carbocycles. The van der Waals surface area contributed by atoms with Gasteiger partial charge in [0.2, 0.25) is 0 Å². The number of pyridine rings is 1. The average Bonchev–Trinajstić information content (AvgIpc) is 2.74. The van der Waals surface area contributed by atoms with Crippen molar-refractivity contribution in [3.05, 3.63) is 33.3 Å². The number of nitrogens with zero attached hydrogens (tertiary/aromatic N) is 1. The Morgan fingerprint density at radius 2 is 2.26 bits per heavy atom. The van der Waals surface area contributed by atoms with Gasteiger partial charge in [0.05, 0.1) is 11.9 Å². The lowest BCUT2D eigenvalue weighted by Gasteiger charge is -2.06. The number of urea groups is 1. The molecule has 2 heterocycles. The standard InChI is InChI=1S/C10H10BrN5O2S/c1-12-10(18)15-7-8(17)16-19-9(7)14-5-2-3-6(11)13-4-5/h2-4,14H,1H3,(H,16,17)(H2,12,15,18). The predicted octanol–water partition coefficient (Wildman–Crippen LogP) is 2.09. The highest BCUT2D eigenvalue weighted by molar-refractivity contribution is 9.10. The summed E-state index contributed by atoms with van der Waals surface area (Å²) in [6.07, 6.45) is 1.61. The summed E-state index contributed by atoms with van der Waals surface area (Å²) in [4.78, 5) is 26.9. The van der Waals surface area contributed by atoms with Gasteiger partial charge in [-0.2, -0.15) is 0 Å². The fourth-order valence-corrected chi connectivity index (χ4v) is 2.21. The minimum absolute atomic E-state index is 0.173. The van der Waals surface area contributed by atoms with E-state index in [0.717, 1.165) is 11.5 Å². The largest absolute Gasteiger partial charge is 0.343 e. The zero-order valence-corrected chi connectivity index (χ0v) is 12.2. The molecule has 7 nitrogen and oxygen atoms in total. The van der Waals surface area contributed by atoms with E-state index >= 15 is 0 Å². The number of carbonyl (C=O) groups is 1. The van der Waals surface area contributed by atoms with Crippen LogP contribution in [0.4, 0.5) is 21.2 Å². The predicted molar refractivity (Wildman–Crippen MR) is 78.2 cm³/mol. The number of hydrogen-bond donors (Lipinski definition) is 4. The lowest BCUT2D eigenvalue weighted by molar-refractivity contribution is 0.254. The Kier molecular flexibility index (Phi) is 4.17. The Morgan fingerprint density at radius 1 is 1.47 bits per heavy atom. The lowest BCUT2D eigenvalue weighted by atomic mass is 10.4. The van der Waals surface area contributed by atoms with Gasteiger partial charge in [0.1, 0.15) is 15.3 Å². The summed E-state index contributed by atoms with van der Waals surface area (Å²) in [5, 5.41) is 8.37. The maximum atomic E-state index is 11.6. The van der Waals surface area contributed by atoms with Crippen LogP contribution in [0.3, 0.4) is 0 Å². The molecule has 9 heteroatoms. The lowest BCUT2D eigenvalue weighted by Crippen LogP contribution is -2.27. The minimum atomic E-state index is -0.458. The number of anilines is 3. The van der Waals surface area contributed by atoms with Crippen LogP contribution in [0, 0.1) is 0 Å². The average molecular weight is 344 g/mol. The number of hydrogen-bond acceptors (Lipinski definition) is 5. The molecule has 2 amide bonds. The van der Waals surface area contributed by atoms with E-state index in [4.69, 9.17) is 0 Å². The summed E-state index contributed by atoms with van der Waals surface area (Å²) in [5.74, 6) is 0. The fraction of sp³-hybridized carbons (Fsp3) is 0.100. The fourth-order valence-electron chi connectivity index (χ4n) is 1.26. The molecule has 0 bridgehead atoms. The van der Waals surface area contributed by atoms with Crippen molar-refractivity contribution in [1.82, 2.24) is 14.7 Å². The SMILES string of the molecule is CNC(=O)Nc1c(Nc2ccc(Br)nc2)s[nH]c1=O. The van der Waals surface area contributed by atoms with Gasteiger partial charge in [-0.25, -0.2) is 9.78 Å². The topological polar surface area (TPSA) is 98.9 Å². The summed E-state index contributed by atoms with van der Waals surface area (Å²) in [5.41, 5.74) is 0.520. The van der Waals surface area contributed by atoms with Crippen LogP contribution in [0.15, 0.2) is 27.7 Å². The molecular formula is C10H10BrN5O2S. The molecule has 100 valence electrons. The van der Waals surface area contributed by atoms with Crippen LogP contribution >= 0.6 is 27.5 Å². The summed E-state index contributed by atoms with van der Waals surface area (Å²) in [6, 6.07) is 3.11. The van der Waals surface area contributed by atoms with Gasteiger partial charge >= 0.3 is 6.03 Å². The molecule has 0 aliphatic rings. The monoisotopic (exact) mass is 343 g/mol. The maximum absolute atomic E-state index is 11.6. The Hall–Kier alpha value is -1.87. The molecule has 0 unspecified atom stereocenters. The quantitative estimate of drug-likeness (QED) is 0.641. The van der Waals surface area contributed by atoms with E-state index < -0.39 is 6.03 Å². The van der Waals surface area contributed by atoms with E-state index in [0.29, 0.717) is 15.3 Å². The first-order valence-corrected chi connectivity index (χ1v) is 6.80. The van der Waals surface area contributed by atoms with Gasteiger partial charge < -0.3 is 16.0 Å². The van der Waals surface area contributed by atoms with E-state index in [-0.39, 0.29) is 11.2 Å².